The van der Waals surface area contributed by atoms with Crippen molar-refractivity contribution in [2.75, 3.05) is 55.7 Å². The van der Waals surface area contributed by atoms with Crippen molar-refractivity contribution in [1.82, 2.24) is 15.5 Å². The van der Waals surface area contributed by atoms with Crippen LogP contribution in [0.3, 0.4) is 0 Å². The standard InChI is InChI=1S/C46H51N3O10/c1-26(50)47-36-14-11-29-21-40(56-5)45(57-6)46(58-7)42(29)33-22-34-35(43(28-9-12-31(53-2)13-10-28)59-44(34)37(51)23-32(33)36)24-41(52)48-30-16-18-49(19-17-30)25-27-8-15-38(54-3)39(20-27)55-4/h8-10,12-13,15,20-23,30,36H,11,14,16-19,24-25H2,1-7H3,(H,47,50)(H,48,52)/t36-/m0/s1. The fraction of sp³-hybridized carbons (Fsp3) is 0.370. The summed E-state index contributed by atoms with van der Waals surface area (Å²) in [4.78, 5) is 43.5. The molecule has 5 aromatic rings. The Morgan fingerprint density at radius 1 is 0.763 bits per heavy atom. The molecule has 7 rings (SSSR count). The molecule has 59 heavy (non-hydrogen) atoms. The fourth-order valence-electron chi connectivity index (χ4n) is 8.44. The molecule has 4 aromatic carbocycles. The van der Waals surface area contributed by atoms with Gasteiger partial charge in [0.15, 0.2) is 28.6 Å². The molecule has 2 aliphatic rings. The summed E-state index contributed by atoms with van der Waals surface area (Å²) in [5.41, 5.74) is 4.90. The molecule has 1 aliphatic carbocycles. The first-order chi connectivity index (χ1) is 28.6. The van der Waals surface area contributed by atoms with E-state index in [0.29, 0.717) is 86.3 Å². The number of ether oxygens (including phenoxy) is 6. The highest BCUT2D eigenvalue weighted by molar-refractivity contribution is 5.96. The van der Waals surface area contributed by atoms with Crippen molar-refractivity contribution < 1.29 is 42.4 Å². The van der Waals surface area contributed by atoms with Gasteiger partial charge in [0.25, 0.3) is 0 Å². The Bertz CT molecular complexity index is 2420. The molecule has 0 saturated carbocycles. The van der Waals surface area contributed by atoms with Crippen LogP contribution in [-0.4, -0.2) is 78.5 Å². The third-order valence-electron chi connectivity index (χ3n) is 11.3. The van der Waals surface area contributed by atoms with E-state index in [4.69, 9.17) is 32.8 Å². The van der Waals surface area contributed by atoms with Gasteiger partial charge in [0.1, 0.15) is 11.5 Å². The number of nitrogens with one attached hydrogen (secondary N) is 2. The Balaban J connectivity index is 1.28. The molecule has 1 aromatic heterocycles. The molecule has 1 fully saturated rings. The second kappa shape index (κ2) is 17.7. The minimum atomic E-state index is -0.508. The van der Waals surface area contributed by atoms with Crippen LogP contribution >= 0.6 is 0 Å². The minimum Gasteiger partial charge on any atom is -0.497 e. The van der Waals surface area contributed by atoms with Crippen LogP contribution in [0.1, 0.15) is 54.5 Å². The highest BCUT2D eigenvalue weighted by atomic mass is 16.5. The summed E-state index contributed by atoms with van der Waals surface area (Å²) >= 11 is 0. The summed E-state index contributed by atoms with van der Waals surface area (Å²) in [5.74, 6) is 3.33. The molecule has 1 atom stereocenters. The van der Waals surface area contributed by atoms with Crippen LogP contribution in [0.15, 0.2) is 69.9 Å². The predicted octanol–water partition coefficient (Wildman–Crippen LogP) is 6.63. The van der Waals surface area contributed by atoms with Crippen LogP contribution in [0.5, 0.6) is 34.5 Å². The molecule has 13 nitrogen and oxygen atoms in total. The number of methoxy groups -OCH3 is 6. The molecule has 310 valence electrons. The van der Waals surface area contributed by atoms with Crippen LogP contribution < -0.4 is 44.5 Å². The van der Waals surface area contributed by atoms with E-state index in [-0.39, 0.29) is 35.3 Å². The van der Waals surface area contributed by atoms with E-state index < -0.39 is 6.04 Å². The largest absolute Gasteiger partial charge is 0.497 e. The van der Waals surface area contributed by atoms with Crippen molar-refractivity contribution in [2.24, 2.45) is 0 Å². The summed E-state index contributed by atoms with van der Waals surface area (Å²) in [6.07, 6.45) is 2.54. The average molecular weight is 806 g/mol. The highest BCUT2D eigenvalue weighted by Gasteiger charge is 2.32. The number of benzene rings is 3. The summed E-state index contributed by atoms with van der Waals surface area (Å²) in [7, 11) is 9.51. The first kappa shape index (κ1) is 41.0. The number of nitrogens with zero attached hydrogens (tertiary/aromatic N) is 1. The van der Waals surface area contributed by atoms with Crippen LogP contribution in [-0.2, 0) is 29.0 Å². The van der Waals surface area contributed by atoms with Crippen molar-refractivity contribution >= 4 is 22.8 Å². The smallest absolute Gasteiger partial charge is 0.224 e. The zero-order valence-corrected chi connectivity index (χ0v) is 34.6. The first-order valence-electron chi connectivity index (χ1n) is 19.7. The fourth-order valence-corrected chi connectivity index (χ4v) is 8.44. The number of rotatable bonds is 13. The van der Waals surface area contributed by atoms with Crippen LogP contribution in [0, 0.1) is 0 Å². The van der Waals surface area contributed by atoms with Gasteiger partial charge in [0, 0.05) is 54.7 Å². The molecule has 1 aliphatic heterocycles. The number of likely N-dealkylation sites (tertiary alicyclic amines) is 1. The van der Waals surface area contributed by atoms with Crippen molar-refractivity contribution in [2.45, 2.75) is 57.7 Å². The van der Waals surface area contributed by atoms with E-state index in [1.54, 1.807) is 42.7 Å². The zero-order valence-electron chi connectivity index (χ0n) is 34.6. The van der Waals surface area contributed by atoms with Gasteiger partial charge in [-0.05, 0) is 103 Å². The molecule has 1 saturated heterocycles. The molecule has 2 heterocycles. The second-order valence-electron chi connectivity index (χ2n) is 14.9. The number of carbonyl (C=O) groups excluding carboxylic acids is 2. The van der Waals surface area contributed by atoms with Gasteiger partial charge in [-0.3, -0.25) is 19.3 Å². The topological polar surface area (TPSA) is 147 Å². The van der Waals surface area contributed by atoms with Crippen molar-refractivity contribution in [3.63, 3.8) is 0 Å². The number of carbonyl (C=O) groups is 2. The normalized spacial score (nSPS) is 15.3. The molecule has 0 unspecified atom stereocenters. The number of aryl methyl sites for hydroxylation is 1. The zero-order chi connectivity index (χ0) is 41.8. The van der Waals surface area contributed by atoms with Gasteiger partial charge < -0.3 is 43.5 Å². The Morgan fingerprint density at radius 2 is 1.47 bits per heavy atom. The molecule has 2 N–H and O–H groups in total. The molecular weight excluding hydrogens is 755 g/mol. The van der Waals surface area contributed by atoms with Crippen molar-refractivity contribution in [3.05, 3.63) is 93.1 Å². The van der Waals surface area contributed by atoms with Gasteiger partial charge >= 0.3 is 0 Å². The quantitative estimate of drug-likeness (QED) is 0.132. The number of hydrogen-bond acceptors (Lipinski definition) is 11. The third-order valence-corrected chi connectivity index (χ3v) is 11.3. The van der Waals surface area contributed by atoms with Gasteiger partial charge in [-0.25, -0.2) is 0 Å². The SMILES string of the molecule is COc1ccc(-c2oc3c(=O)cc4c(cc3c2CC(=O)NC2CCN(Cc3ccc(OC)c(OC)c3)CC2)-c2c(cc(OC)c(OC)c2OC)CC[C@@H]4NC(C)=O)cc1. The predicted molar refractivity (Wildman–Crippen MR) is 224 cm³/mol. The lowest BCUT2D eigenvalue weighted by molar-refractivity contribution is -0.121. The molecular formula is C46H51N3O10. The maximum absolute atomic E-state index is 14.4. The second-order valence-corrected chi connectivity index (χ2v) is 14.9. The maximum atomic E-state index is 14.4. The Hall–Kier alpha value is -6.21. The van der Waals surface area contributed by atoms with Crippen LogP contribution in [0.2, 0.25) is 0 Å². The molecule has 13 heteroatoms. The van der Waals surface area contributed by atoms with Gasteiger partial charge in [-0.2, -0.15) is 0 Å². The Labute approximate surface area is 343 Å². The number of furan rings is 1. The number of fused-ring (bicyclic) bond motifs is 4. The summed E-state index contributed by atoms with van der Waals surface area (Å²) < 4.78 is 40.4. The van der Waals surface area contributed by atoms with Crippen molar-refractivity contribution in [3.8, 4) is 56.9 Å². The lowest BCUT2D eigenvalue weighted by Gasteiger charge is -2.32. The number of piperidine rings is 1. The molecule has 2 amide bonds. The number of hydrogen-bond donors (Lipinski definition) is 2. The third kappa shape index (κ3) is 8.38. The van der Waals surface area contributed by atoms with E-state index in [0.717, 1.165) is 43.6 Å². The van der Waals surface area contributed by atoms with Gasteiger partial charge in [0.05, 0.1) is 55.1 Å². The average Bonchev–Trinajstić information content (AvgIpc) is 3.44. The van der Waals surface area contributed by atoms with E-state index in [1.165, 1.54) is 13.0 Å². The van der Waals surface area contributed by atoms with Crippen LogP contribution in [0.4, 0.5) is 0 Å². The van der Waals surface area contributed by atoms with E-state index in [1.807, 2.05) is 54.6 Å². The Morgan fingerprint density at radius 3 is 2.12 bits per heavy atom. The number of amides is 2. The first-order valence-corrected chi connectivity index (χ1v) is 19.7. The Kier molecular flexibility index (Phi) is 12.3. The summed E-state index contributed by atoms with van der Waals surface area (Å²) in [6.45, 7) is 3.81. The molecule has 0 spiro atoms. The molecule has 0 radical (unpaired) electrons. The molecule has 0 bridgehead atoms. The van der Waals surface area contributed by atoms with Crippen molar-refractivity contribution in [1.29, 1.82) is 0 Å². The van der Waals surface area contributed by atoms with E-state index >= 15 is 0 Å². The summed E-state index contributed by atoms with van der Waals surface area (Å²) in [6, 6.07) is 18.1. The lowest BCUT2D eigenvalue weighted by Crippen LogP contribution is -2.44. The lowest BCUT2D eigenvalue weighted by atomic mass is 9.94. The van der Waals surface area contributed by atoms with Gasteiger partial charge in [-0.1, -0.05) is 6.07 Å². The summed E-state index contributed by atoms with van der Waals surface area (Å²) in [5, 5.41) is 6.82. The van der Waals surface area contributed by atoms with Gasteiger partial charge in [0.2, 0.25) is 23.0 Å². The highest BCUT2D eigenvalue weighted by Crippen LogP contribution is 2.51. The van der Waals surface area contributed by atoms with E-state index in [2.05, 4.69) is 15.5 Å². The minimum absolute atomic E-state index is 0.0359. The van der Waals surface area contributed by atoms with E-state index in [9.17, 15) is 14.4 Å². The maximum Gasteiger partial charge on any atom is 0.224 e. The monoisotopic (exact) mass is 805 g/mol. The van der Waals surface area contributed by atoms with Crippen LogP contribution in [0.25, 0.3) is 33.4 Å². The van der Waals surface area contributed by atoms with Gasteiger partial charge in [-0.15, -0.1) is 0 Å².